The number of benzene rings is 1. The summed E-state index contributed by atoms with van der Waals surface area (Å²) >= 11 is 0. The Morgan fingerprint density at radius 1 is 1.04 bits per heavy atom. The van der Waals surface area contributed by atoms with Crippen LogP contribution in [0.4, 0.5) is 0 Å². The van der Waals surface area contributed by atoms with Crippen molar-refractivity contribution in [2.45, 2.75) is 109 Å². The van der Waals surface area contributed by atoms with Gasteiger partial charge in [0, 0.05) is 0 Å². The Balaban J connectivity index is 2.08. The van der Waals surface area contributed by atoms with E-state index in [0.29, 0.717) is 5.75 Å². The van der Waals surface area contributed by atoms with Crippen LogP contribution in [0, 0.1) is 0 Å². The summed E-state index contributed by atoms with van der Waals surface area (Å²) in [5, 5.41) is 20.9. The van der Waals surface area contributed by atoms with Crippen LogP contribution in [-0.2, 0) is 5.41 Å². The summed E-state index contributed by atoms with van der Waals surface area (Å²) in [5.41, 5.74) is 2.37. The molecule has 0 heterocycles. The minimum atomic E-state index is -0.223. The highest BCUT2D eigenvalue weighted by Gasteiger charge is 2.24. The van der Waals surface area contributed by atoms with E-state index in [1.807, 2.05) is 6.07 Å². The topological polar surface area (TPSA) is 40.5 Å². The first-order valence-electron chi connectivity index (χ1n) is 10.5. The van der Waals surface area contributed by atoms with E-state index in [0.717, 1.165) is 37.7 Å². The third-order valence-electron chi connectivity index (χ3n) is 6.05. The van der Waals surface area contributed by atoms with Crippen LogP contribution >= 0.6 is 0 Å². The number of rotatable bonds is 7. The number of aliphatic hydroxyl groups excluding tert-OH is 1. The standard InChI is InChI=1S/C23H38O2/c1-4-5-6-10-15-23(2,3)19-13-14-21(22(25)17-19)18-11-8-7-9-12-20(24)16-18/h13-14,17-18,20,24-25H,4-12,15-16H2,1-3H3/t18-,20-/m0/s1. The van der Waals surface area contributed by atoms with Gasteiger partial charge in [0.05, 0.1) is 6.10 Å². The van der Waals surface area contributed by atoms with Crippen molar-refractivity contribution in [1.29, 1.82) is 0 Å². The highest BCUT2D eigenvalue weighted by Crippen LogP contribution is 2.39. The molecule has 1 fully saturated rings. The van der Waals surface area contributed by atoms with E-state index in [9.17, 15) is 10.2 Å². The normalized spacial score (nSPS) is 22.4. The van der Waals surface area contributed by atoms with E-state index in [2.05, 4.69) is 32.9 Å². The summed E-state index contributed by atoms with van der Waals surface area (Å²) in [6, 6.07) is 6.32. The van der Waals surface area contributed by atoms with E-state index in [-0.39, 0.29) is 17.4 Å². The lowest BCUT2D eigenvalue weighted by molar-refractivity contribution is 0.133. The number of unbranched alkanes of at least 4 members (excludes halogenated alkanes) is 3. The van der Waals surface area contributed by atoms with Gasteiger partial charge in [0.15, 0.2) is 0 Å². The summed E-state index contributed by atoms with van der Waals surface area (Å²) in [6.45, 7) is 6.81. The molecular weight excluding hydrogens is 308 g/mol. The number of aliphatic hydroxyl groups is 1. The number of phenolic OH excluding ortho intramolecular Hbond substituents is 1. The van der Waals surface area contributed by atoms with Crippen molar-refractivity contribution in [3.8, 4) is 5.75 Å². The molecule has 1 aromatic carbocycles. The highest BCUT2D eigenvalue weighted by molar-refractivity contribution is 5.41. The molecule has 2 rings (SSSR count). The molecule has 2 N–H and O–H groups in total. The Morgan fingerprint density at radius 2 is 1.80 bits per heavy atom. The predicted octanol–water partition coefficient (Wildman–Crippen LogP) is 6.44. The zero-order chi connectivity index (χ0) is 18.3. The van der Waals surface area contributed by atoms with Crippen LogP contribution in [0.5, 0.6) is 5.75 Å². The first-order chi connectivity index (χ1) is 11.9. The molecule has 0 saturated heterocycles. The lowest BCUT2D eigenvalue weighted by Gasteiger charge is -2.28. The molecule has 0 amide bonds. The van der Waals surface area contributed by atoms with Crippen molar-refractivity contribution in [3.63, 3.8) is 0 Å². The molecule has 1 aliphatic rings. The molecule has 1 aliphatic carbocycles. The fourth-order valence-electron chi connectivity index (χ4n) is 4.24. The largest absolute Gasteiger partial charge is 0.508 e. The quantitative estimate of drug-likeness (QED) is 0.558. The fraction of sp³-hybridized carbons (Fsp3) is 0.739. The van der Waals surface area contributed by atoms with E-state index in [1.165, 1.54) is 44.1 Å². The first kappa shape index (κ1) is 20.3. The molecule has 0 radical (unpaired) electrons. The molecule has 142 valence electrons. The van der Waals surface area contributed by atoms with Gasteiger partial charge in [-0.15, -0.1) is 0 Å². The second-order valence-corrected chi connectivity index (χ2v) is 8.69. The second kappa shape index (κ2) is 9.62. The van der Waals surface area contributed by atoms with Gasteiger partial charge in [-0.2, -0.15) is 0 Å². The third kappa shape index (κ3) is 6.02. The third-order valence-corrected chi connectivity index (χ3v) is 6.05. The van der Waals surface area contributed by atoms with E-state index in [4.69, 9.17) is 0 Å². The maximum atomic E-state index is 10.7. The van der Waals surface area contributed by atoms with Crippen LogP contribution in [0.25, 0.3) is 0 Å². The monoisotopic (exact) mass is 346 g/mol. The van der Waals surface area contributed by atoms with Crippen molar-refractivity contribution in [3.05, 3.63) is 29.3 Å². The molecule has 1 saturated carbocycles. The van der Waals surface area contributed by atoms with Crippen molar-refractivity contribution >= 4 is 0 Å². The van der Waals surface area contributed by atoms with Gasteiger partial charge in [0.2, 0.25) is 0 Å². The molecular formula is C23H38O2. The number of phenols is 1. The van der Waals surface area contributed by atoms with Crippen molar-refractivity contribution in [2.75, 3.05) is 0 Å². The SMILES string of the molecule is CCCCCCC(C)(C)c1ccc([C@H]2CCCCC[C@H](O)C2)c(O)c1. The minimum Gasteiger partial charge on any atom is -0.508 e. The highest BCUT2D eigenvalue weighted by atomic mass is 16.3. The van der Waals surface area contributed by atoms with Gasteiger partial charge in [-0.3, -0.25) is 0 Å². The summed E-state index contributed by atoms with van der Waals surface area (Å²) < 4.78 is 0. The molecule has 0 bridgehead atoms. The van der Waals surface area contributed by atoms with Crippen molar-refractivity contribution in [1.82, 2.24) is 0 Å². The Labute approximate surface area is 154 Å². The average molecular weight is 347 g/mol. The Hall–Kier alpha value is -1.02. The van der Waals surface area contributed by atoms with Crippen LogP contribution in [0.2, 0.25) is 0 Å². The van der Waals surface area contributed by atoms with Gasteiger partial charge in [-0.25, -0.2) is 0 Å². The van der Waals surface area contributed by atoms with Crippen LogP contribution in [0.3, 0.4) is 0 Å². The molecule has 0 unspecified atom stereocenters. The first-order valence-corrected chi connectivity index (χ1v) is 10.5. The van der Waals surface area contributed by atoms with E-state index < -0.39 is 0 Å². The van der Waals surface area contributed by atoms with Gasteiger partial charge in [-0.05, 0) is 54.2 Å². The molecule has 2 nitrogen and oxygen atoms in total. The molecule has 25 heavy (non-hydrogen) atoms. The number of hydrogen-bond donors (Lipinski definition) is 2. The summed E-state index contributed by atoms with van der Waals surface area (Å²) in [4.78, 5) is 0. The number of hydrogen-bond acceptors (Lipinski definition) is 2. The number of aromatic hydroxyl groups is 1. The predicted molar refractivity (Wildman–Crippen MR) is 106 cm³/mol. The maximum absolute atomic E-state index is 10.7. The molecule has 2 atom stereocenters. The molecule has 2 heteroatoms. The molecule has 0 aromatic heterocycles. The minimum absolute atomic E-state index is 0.101. The Kier molecular flexibility index (Phi) is 7.81. The van der Waals surface area contributed by atoms with Gasteiger partial charge < -0.3 is 10.2 Å². The van der Waals surface area contributed by atoms with Crippen LogP contribution in [-0.4, -0.2) is 16.3 Å². The van der Waals surface area contributed by atoms with E-state index >= 15 is 0 Å². The summed E-state index contributed by atoms with van der Waals surface area (Å²) in [6.07, 6.45) is 12.3. The molecule has 0 spiro atoms. The Morgan fingerprint density at radius 3 is 2.52 bits per heavy atom. The van der Waals surface area contributed by atoms with Gasteiger partial charge >= 0.3 is 0 Å². The zero-order valence-corrected chi connectivity index (χ0v) is 16.6. The van der Waals surface area contributed by atoms with Gasteiger partial charge in [0.25, 0.3) is 0 Å². The second-order valence-electron chi connectivity index (χ2n) is 8.69. The van der Waals surface area contributed by atoms with Crippen molar-refractivity contribution in [2.24, 2.45) is 0 Å². The zero-order valence-electron chi connectivity index (χ0n) is 16.6. The van der Waals surface area contributed by atoms with Crippen molar-refractivity contribution < 1.29 is 10.2 Å². The van der Waals surface area contributed by atoms with Crippen LogP contribution in [0.1, 0.15) is 108 Å². The summed E-state index contributed by atoms with van der Waals surface area (Å²) in [7, 11) is 0. The van der Waals surface area contributed by atoms with Crippen LogP contribution in [0.15, 0.2) is 18.2 Å². The average Bonchev–Trinajstić information content (AvgIpc) is 2.55. The molecule has 0 aliphatic heterocycles. The smallest absolute Gasteiger partial charge is 0.119 e. The molecule has 1 aromatic rings. The van der Waals surface area contributed by atoms with Gasteiger partial charge in [-0.1, -0.05) is 77.8 Å². The summed E-state index contributed by atoms with van der Waals surface area (Å²) in [5.74, 6) is 0.717. The lowest BCUT2D eigenvalue weighted by Crippen LogP contribution is -2.18. The van der Waals surface area contributed by atoms with Gasteiger partial charge in [0.1, 0.15) is 5.75 Å². The maximum Gasteiger partial charge on any atom is 0.119 e. The Bertz CT molecular complexity index is 521. The van der Waals surface area contributed by atoms with E-state index in [1.54, 1.807) is 0 Å². The lowest BCUT2D eigenvalue weighted by atomic mass is 9.78. The fourth-order valence-corrected chi connectivity index (χ4v) is 4.24. The van der Waals surface area contributed by atoms with Crippen LogP contribution < -0.4 is 0 Å².